The summed E-state index contributed by atoms with van der Waals surface area (Å²) >= 11 is 0. The minimum atomic E-state index is 0.206. The van der Waals surface area contributed by atoms with Gasteiger partial charge in [0.1, 0.15) is 0 Å². The minimum Gasteiger partial charge on any atom is -0.493 e. The zero-order chi connectivity index (χ0) is 17.9. The molecule has 0 spiro atoms. The Hall–Kier alpha value is -2.00. The van der Waals surface area contributed by atoms with Crippen LogP contribution in [-0.4, -0.2) is 19.8 Å². The van der Waals surface area contributed by atoms with Crippen LogP contribution in [0.25, 0.3) is 0 Å². The average molecular weight is 341 g/mol. The largest absolute Gasteiger partial charge is 0.493 e. The van der Waals surface area contributed by atoms with Gasteiger partial charge in [0.25, 0.3) is 0 Å². The van der Waals surface area contributed by atoms with Gasteiger partial charge in [0, 0.05) is 12.5 Å². The first kappa shape index (κ1) is 19.3. The van der Waals surface area contributed by atoms with Crippen molar-refractivity contribution < 1.29 is 9.47 Å². The molecule has 0 bridgehead atoms. The standard InChI is InChI=1S/C22H31NO2/c1-3-4-6-11-20(23)16-19-12-13-21(24-2)22(17-19)25-15-14-18-9-7-5-8-10-18/h5,7-10,12-13,17,20H,3-4,6,11,14-16,23H2,1-2H3/t20-/m1/s1. The van der Waals surface area contributed by atoms with E-state index in [0.717, 1.165) is 30.8 Å². The first-order valence-electron chi connectivity index (χ1n) is 9.32. The van der Waals surface area contributed by atoms with Crippen LogP contribution in [0.1, 0.15) is 43.7 Å². The van der Waals surface area contributed by atoms with Crippen LogP contribution in [0.5, 0.6) is 11.5 Å². The summed E-state index contributed by atoms with van der Waals surface area (Å²) in [5.74, 6) is 1.58. The van der Waals surface area contributed by atoms with Gasteiger partial charge in [-0.25, -0.2) is 0 Å². The van der Waals surface area contributed by atoms with E-state index >= 15 is 0 Å². The minimum absolute atomic E-state index is 0.206. The van der Waals surface area contributed by atoms with Crippen molar-refractivity contribution in [2.45, 2.75) is 51.5 Å². The lowest BCUT2D eigenvalue weighted by atomic mass is 10.0. The Bertz CT molecular complexity index is 613. The topological polar surface area (TPSA) is 44.5 Å². The summed E-state index contributed by atoms with van der Waals surface area (Å²) in [7, 11) is 1.68. The van der Waals surface area contributed by atoms with Gasteiger partial charge < -0.3 is 15.2 Å². The molecular weight excluding hydrogens is 310 g/mol. The fraction of sp³-hybridized carbons (Fsp3) is 0.455. The molecule has 3 heteroatoms. The van der Waals surface area contributed by atoms with Crippen LogP contribution >= 0.6 is 0 Å². The van der Waals surface area contributed by atoms with Crippen molar-refractivity contribution in [2.24, 2.45) is 5.73 Å². The summed E-state index contributed by atoms with van der Waals surface area (Å²) in [6.07, 6.45) is 6.52. The number of rotatable bonds is 11. The Morgan fingerprint density at radius 3 is 2.48 bits per heavy atom. The van der Waals surface area contributed by atoms with Crippen molar-refractivity contribution in [3.8, 4) is 11.5 Å². The first-order valence-corrected chi connectivity index (χ1v) is 9.32. The molecule has 0 amide bonds. The molecule has 0 saturated carbocycles. The molecule has 0 heterocycles. The lowest BCUT2D eigenvalue weighted by molar-refractivity contribution is 0.297. The van der Waals surface area contributed by atoms with Crippen LogP contribution in [0.4, 0.5) is 0 Å². The number of unbranched alkanes of at least 4 members (excludes halogenated alkanes) is 2. The van der Waals surface area contributed by atoms with Crippen molar-refractivity contribution in [3.05, 3.63) is 59.7 Å². The van der Waals surface area contributed by atoms with Crippen LogP contribution in [-0.2, 0) is 12.8 Å². The van der Waals surface area contributed by atoms with Gasteiger partial charge >= 0.3 is 0 Å². The van der Waals surface area contributed by atoms with Gasteiger partial charge in [-0.1, -0.05) is 62.6 Å². The summed E-state index contributed by atoms with van der Waals surface area (Å²) in [5.41, 5.74) is 8.75. The normalized spacial score (nSPS) is 12.0. The highest BCUT2D eigenvalue weighted by atomic mass is 16.5. The highest BCUT2D eigenvalue weighted by Crippen LogP contribution is 2.29. The Balaban J connectivity index is 1.91. The van der Waals surface area contributed by atoms with Crippen LogP contribution in [0, 0.1) is 0 Å². The van der Waals surface area contributed by atoms with Gasteiger partial charge in [0.2, 0.25) is 0 Å². The lowest BCUT2D eigenvalue weighted by Gasteiger charge is -2.15. The Morgan fingerprint density at radius 2 is 1.76 bits per heavy atom. The van der Waals surface area contributed by atoms with E-state index in [1.807, 2.05) is 12.1 Å². The van der Waals surface area contributed by atoms with E-state index in [-0.39, 0.29) is 6.04 Å². The maximum atomic E-state index is 6.27. The first-order chi connectivity index (χ1) is 12.2. The number of nitrogens with two attached hydrogens (primary N) is 1. The maximum absolute atomic E-state index is 6.27. The number of methoxy groups -OCH3 is 1. The van der Waals surface area contributed by atoms with Crippen LogP contribution in [0.3, 0.4) is 0 Å². The summed E-state index contributed by atoms with van der Waals surface area (Å²) in [4.78, 5) is 0. The van der Waals surface area contributed by atoms with Gasteiger partial charge in [-0.2, -0.15) is 0 Å². The fourth-order valence-electron chi connectivity index (χ4n) is 2.95. The van der Waals surface area contributed by atoms with Crippen LogP contribution in [0.15, 0.2) is 48.5 Å². The third-order valence-corrected chi connectivity index (χ3v) is 4.40. The number of benzene rings is 2. The lowest BCUT2D eigenvalue weighted by Crippen LogP contribution is -2.22. The quantitative estimate of drug-likeness (QED) is 0.599. The van der Waals surface area contributed by atoms with Gasteiger partial charge in [-0.05, 0) is 36.1 Å². The monoisotopic (exact) mass is 341 g/mol. The second-order valence-electron chi connectivity index (χ2n) is 6.53. The van der Waals surface area contributed by atoms with Crippen LogP contribution in [0.2, 0.25) is 0 Å². The average Bonchev–Trinajstić information content (AvgIpc) is 2.63. The molecule has 0 radical (unpaired) electrons. The molecule has 0 aliphatic carbocycles. The molecule has 2 N–H and O–H groups in total. The summed E-state index contributed by atoms with van der Waals surface area (Å²) in [5, 5.41) is 0. The van der Waals surface area contributed by atoms with E-state index < -0.39 is 0 Å². The zero-order valence-corrected chi connectivity index (χ0v) is 15.5. The molecule has 2 aromatic rings. The molecule has 0 unspecified atom stereocenters. The second kappa shape index (κ2) is 10.8. The molecule has 0 aliphatic heterocycles. The summed E-state index contributed by atoms with van der Waals surface area (Å²) in [6.45, 7) is 2.85. The van der Waals surface area contributed by atoms with E-state index in [0.29, 0.717) is 6.61 Å². The number of ether oxygens (including phenoxy) is 2. The van der Waals surface area contributed by atoms with E-state index in [9.17, 15) is 0 Å². The molecule has 0 aliphatic rings. The third kappa shape index (κ3) is 6.79. The predicted molar refractivity (Wildman–Crippen MR) is 104 cm³/mol. The molecule has 2 rings (SSSR count). The SMILES string of the molecule is CCCCC[C@@H](N)Cc1ccc(OC)c(OCCc2ccccc2)c1. The molecule has 0 fully saturated rings. The zero-order valence-electron chi connectivity index (χ0n) is 15.5. The van der Waals surface area contributed by atoms with E-state index in [1.165, 1.54) is 30.4 Å². The summed E-state index contributed by atoms with van der Waals surface area (Å²) in [6, 6.07) is 16.7. The van der Waals surface area contributed by atoms with Crippen molar-refractivity contribution in [1.29, 1.82) is 0 Å². The summed E-state index contributed by atoms with van der Waals surface area (Å²) < 4.78 is 11.4. The fourth-order valence-corrected chi connectivity index (χ4v) is 2.95. The second-order valence-corrected chi connectivity index (χ2v) is 6.53. The predicted octanol–water partition coefficient (Wildman–Crippen LogP) is 4.77. The van der Waals surface area contributed by atoms with Gasteiger partial charge in [0.05, 0.1) is 13.7 Å². The molecule has 2 aromatic carbocycles. The smallest absolute Gasteiger partial charge is 0.161 e. The van der Waals surface area contributed by atoms with Crippen molar-refractivity contribution in [1.82, 2.24) is 0 Å². The van der Waals surface area contributed by atoms with Gasteiger partial charge in [-0.3, -0.25) is 0 Å². The Kier molecular flexibility index (Phi) is 8.33. The van der Waals surface area contributed by atoms with Crippen molar-refractivity contribution in [3.63, 3.8) is 0 Å². The Morgan fingerprint density at radius 1 is 0.960 bits per heavy atom. The number of hydrogen-bond donors (Lipinski definition) is 1. The van der Waals surface area contributed by atoms with Crippen molar-refractivity contribution in [2.75, 3.05) is 13.7 Å². The maximum Gasteiger partial charge on any atom is 0.161 e. The molecule has 0 saturated heterocycles. The molecule has 136 valence electrons. The Labute approximate surface area is 152 Å². The third-order valence-electron chi connectivity index (χ3n) is 4.40. The van der Waals surface area contributed by atoms with Crippen LogP contribution < -0.4 is 15.2 Å². The molecular formula is C22H31NO2. The van der Waals surface area contributed by atoms with Gasteiger partial charge in [0.15, 0.2) is 11.5 Å². The molecule has 0 aromatic heterocycles. The highest BCUT2D eigenvalue weighted by molar-refractivity contribution is 5.43. The van der Waals surface area contributed by atoms with Crippen molar-refractivity contribution >= 4 is 0 Å². The molecule has 1 atom stereocenters. The highest BCUT2D eigenvalue weighted by Gasteiger charge is 2.09. The van der Waals surface area contributed by atoms with E-state index in [4.69, 9.17) is 15.2 Å². The molecule has 3 nitrogen and oxygen atoms in total. The number of hydrogen-bond acceptors (Lipinski definition) is 3. The van der Waals surface area contributed by atoms with E-state index in [1.54, 1.807) is 7.11 Å². The van der Waals surface area contributed by atoms with E-state index in [2.05, 4.69) is 43.3 Å². The van der Waals surface area contributed by atoms with Gasteiger partial charge in [-0.15, -0.1) is 0 Å². The molecule has 25 heavy (non-hydrogen) atoms.